The Morgan fingerprint density at radius 3 is 2.33 bits per heavy atom. The first kappa shape index (κ1) is 18.0. The number of hydrogen-bond acceptors (Lipinski definition) is 2. The molecule has 0 saturated heterocycles. The molecule has 18 heavy (non-hydrogen) atoms. The Hall–Kier alpha value is -0.0400. The van der Waals surface area contributed by atoms with E-state index in [1.54, 1.807) is 0 Å². The molecule has 0 spiro atoms. The average molecular weight is 368 g/mol. The normalized spacial score (nSPS) is 16.4. The minimum Gasteiger partial charge on any atom is -0.355 e. The van der Waals surface area contributed by atoms with Crippen LogP contribution in [0, 0.1) is 0 Å². The number of likely N-dealkylation sites (N-methyl/N-ethyl adjacent to an activating group) is 1. The summed E-state index contributed by atoms with van der Waals surface area (Å²) < 4.78 is 0. The summed E-state index contributed by atoms with van der Waals surface area (Å²) >= 11 is 0. The summed E-state index contributed by atoms with van der Waals surface area (Å²) in [4.78, 5) is 6.77. The molecule has 1 aliphatic carbocycles. The second kappa shape index (κ2) is 8.19. The Morgan fingerprint density at radius 1 is 1.33 bits per heavy atom. The Balaban J connectivity index is 0.00000289. The third-order valence-corrected chi connectivity index (χ3v) is 2.88. The van der Waals surface area contributed by atoms with Crippen molar-refractivity contribution in [1.82, 2.24) is 15.5 Å². The van der Waals surface area contributed by atoms with E-state index in [2.05, 4.69) is 48.2 Å². The highest BCUT2D eigenvalue weighted by Crippen LogP contribution is 2.25. The van der Waals surface area contributed by atoms with E-state index in [9.17, 15) is 0 Å². The van der Waals surface area contributed by atoms with Crippen molar-refractivity contribution in [2.75, 3.05) is 26.7 Å². The van der Waals surface area contributed by atoms with Crippen molar-refractivity contribution in [2.24, 2.45) is 4.99 Å². The molecular weight excluding hydrogens is 339 g/mol. The van der Waals surface area contributed by atoms with Crippen LogP contribution in [0.4, 0.5) is 0 Å². The van der Waals surface area contributed by atoms with E-state index in [1.807, 2.05) is 7.05 Å². The van der Waals surface area contributed by atoms with Crippen LogP contribution in [0.25, 0.3) is 0 Å². The van der Waals surface area contributed by atoms with Gasteiger partial charge >= 0.3 is 0 Å². The molecule has 0 heterocycles. The lowest BCUT2D eigenvalue weighted by molar-refractivity contribution is 0.281. The molecule has 0 aromatic carbocycles. The van der Waals surface area contributed by atoms with Gasteiger partial charge in [0.25, 0.3) is 0 Å². The molecule has 0 aromatic heterocycles. The fourth-order valence-electron chi connectivity index (χ4n) is 1.89. The SMILES string of the molecule is CCN(CCNC(=NC)NC(C)(C)C)C1CC1.I. The van der Waals surface area contributed by atoms with Gasteiger partial charge < -0.3 is 10.6 Å². The predicted molar refractivity (Wildman–Crippen MR) is 89.9 cm³/mol. The van der Waals surface area contributed by atoms with Gasteiger partial charge in [0.1, 0.15) is 0 Å². The quantitative estimate of drug-likeness (QED) is 0.443. The topological polar surface area (TPSA) is 39.7 Å². The van der Waals surface area contributed by atoms with Gasteiger partial charge in [-0.2, -0.15) is 0 Å². The lowest BCUT2D eigenvalue weighted by Gasteiger charge is -2.25. The van der Waals surface area contributed by atoms with Crippen molar-refractivity contribution in [1.29, 1.82) is 0 Å². The fourth-order valence-corrected chi connectivity index (χ4v) is 1.89. The molecule has 1 saturated carbocycles. The van der Waals surface area contributed by atoms with E-state index in [4.69, 9.17) is 0 Å². The minimum atomic E-state index is 0. The van der Waals surface area contributed by atoms with E-state index in [0.29, 0.717) is 0 Å². The third-order valence-electron chi connectivity index (χ3n) is 2.88. The smallest absolute Gasteiger partial charge is 0.191 e. The standard InChI is InChI=1S/C13H28N4.HI/c1-6-17(11-7-8-11)10-9-15-12(14-5)16-13(2,3)4;/h11H,6-10H2,1-5H3,(H2,14,15,16);1H. The number of rotatable bonds is 5. The molecule has 108 valence electrons. The van der Waals surface area contributed by atoms with E-state index in [0.717, 1.165) is 31.6 Å². The van der Waals surface area contributed by atoms with Crippen LogP contribution in [-0.2, 0) is 0 Å². The Bertz CT molecular complexity index is 256. The summed E-state index contributed by atoms with van der Waals surface area (Å²) in [5.74, 6) is 0.893. The second-order valence-corrected chi connectivity index (χ2v) is 5.73. The van der Waals surface area contributed by atoms with E-state index >= 15 is 0 Å². The van der Waals surface area contributed by atoms with Gasteiger partial charge in [-0.25, -0.2) is 0 Å². The largest absolute Gasteiger partial charge is 0.355 e. The number of guanidine groups is 1. The maximum absolute atomic E-state index is 4.23. The van der Waals surface area contributed by atoms with Crippen LogP contribution in [0.3, 0.4) is 0 Å². The summed E-state index contributed by atoms with van der Waals surface area (Å²) in [5.41, 5.74) is 0.0583. The monoisotopic (exact) mass is 368 g/mol. The molecule has 0 atom stereocenters. The Morgan fingerprint density at radius 2 is 1.94 bits per heavy atom. The Kier molecular flexibility index (Phi) is 8.18. The molecule has 4 nitrogen and oxygen atoms in total. The molecule has 5 heteroatoms. The molecule has 0 bridgehead atoms. The zero-order chi connectivity index (χ0) is 12.9. The first-order valence-corrected chi connectivity index (χ1v) is 6.69. The lowest BCUT2D eigenvalue weighted by Crippen LogP contribution is -2.49. The minimum absolute atomic E-state index is 0. The molecule has 2 N–H and O–H groups in total. The van der Waals surface area contributed by atoms with Crippen LogP contribution in [0.2, 0.25) is 0 Å². The van der Waals surface area contributed by atoms with Crippen molar-refractivity contribution in [2.45, 2.75) is 52.1 Å². The van der Waals surface area contributed by atoms with Gasteiger partial charge in [0.05, 0.1) is 0 Å². The number of aliphatic imine (C=N–C) groups is 1. The highest BCUT2D eigenvalue weighted by Gasteiger charge is 2.27. The van der Waals surface area contributed by atoms with Gasteiger partial charge in [-0.1, -0.05) is 6.92 Å². The van der Waals surface area contributed by atoms with Crippen LogP contribution in [0.1, 0.15) is 40.5 Å². The van der Waals surface area contributed by atoms with Gasteiger partial charge in [-0.05, 0) is 40.2 Å². The summed E-state index contributed by atoms with van der Waals surface area (Å²) in [6, 6.07) is 0.847. The molecule has 1 fully saturated rings. The van der Waals surface area contributed by atoms with Crippen molar-refractivity contribution < 1.29 is 0 Å². The first-order chi connectivity index (χ1) is 7.96. The summed E-state index contributed by atoms with van der Waals surface area (Å²) in [7, 11) is 1.82. The molecule has 1 rings (SSSR count). The number of hydrogen-bond donors (Lipinski definition) is 2. The lowest BCUT2D eigenvalue weighted by atomic mass is 10.1. The Labute approximate surface area is 129 Å². The summed E-state index contributed by atoms with van der Waals surface area (Å²) in [6.45, 7) is 11.9. The summed E-state index contributed by atoms with van der Waals surface area (Å²) in [6.07, 6.45) is 2.76. The summed E-state index contributed by atoms with van der Waals surface area (Å²) in [5, 5.41) is 6.73. The van der Waals surface area contributed by atoms with Gasteiger partial charge in [-0.3, -0.25) is 9.89 Å². The molecule has 0 aliphatic heterocycles. The van der Waals surface area contributed by atoms with Crippen LogP contribution in [-0.4, -0.2) is 49.1 Å². The molecule has 0 aromatic rings. The van der Waals surface area contributed by atoms with Crippen molar-refractivity contribution in [3.8, 4) is 0 Å². The third kappa shape index (κ3) is 7.41. The predicted octanol–water partition coefficient (Wildman–Crippen LogP) is 2.05. The van der Waals surface area contributed by atoms with E-state index < -0.39 is 0 Å². The van der Waals surface area contributed by atoms with Crippen molar-refractivity contribution in [3.05, 3.63) is 0 Å². The first-order valence-electron chi connectivity index (χ1n) is 6.69. The zero-order valence-electron chi connectivity index (χ0n) is 12.4. The van der Waals surface area contributed by atoms with Gasteiger partial charge in [-0.15, -0.1) is 24.0 Å². The van der Waals surface area contributed by atoms with Crippen molar-refractivity contribution >= 4 is 29.9 Å². The zero-order valence-corrected chi connectivity index (χ0v) is 14.7. The maximum Gasteiger partial charge on any atom is 0.191 e. The molecule has 1 aliphatic rings. The van der Waals surface area contributed by atoms with Crippen LogP contribution in [0.5, 0.6) is 0 Å². The maximum atomic E-state index is 4.23. The van der Waals surface area contributed by atoms with Gasteiger partial charge in [0, 0.05) is 31.7 Å². The van der Waals surface area contributed by atoms with Crippen LogP contribution >= 0.6 is 24.0 Å². The number of nitrogens with one attached hydrogen (secondary N) is 2. The highest BCUT2D eigenvalue weighted by molar-refractivity contribution is 14.0. The fraction of sp³-hybridized carbons (Fsp3) is 0.923. The van der Waals surface area contributed by atoms with Crippen molar-refractivity contribution in [3.63, 3.8) is 0 Å². The van der Waals surface area contributed by atoms with Gasteiger partial charge in [0.15, 0.2) is 5.96 Å². The number of halogens is 1. The molecule has 0 amide bonds. The average Bonchev–Trinajstić information content (AvgIpc) is 3.04. The molecule has 0 radical (unpaired) electrons. The van der Waals surface area contributed by atoms with E-state index in [1.165, 1.54) is 12.8 Å². The molecular formula is C13H29IN4. The van der Waals surface area contributed by atoms with E-state index in [-0.39, 0.29) is 29.5 Å². The van der Waals surface area contributed by atoms with Gasteiger partial charge in [0.2, 0.25) is 0 Å². The molecule has 0 unspecified atom stereocenters. The van der Waals surface area contributed by atoms with Crippen LogP contribution < -0.4 is 10.6 Å². The number of nitrogens with zero attached hydrogens (tertiary/aromatic N) is 2. The highest BCUT2D eigenvalue weighted by atomic mass is 127. The van der Waals surface area contributed by atoms with Crippen LogP contribution in [0.15, 0.2) is 4.99 Å². The second-order valence-electron chi connectivity index (χ2n) is 5.73.